The highest BCUT2D eigenvalue weighted by Gasteiger charge is 2.29. The topological polar surface area (TPSA) is 56.3 Å². The third-order valence-corrected chi connectivity index (χ3v) is 3.42. The molecule has 0 amide bonds. The first-order chi connectivity index (χ1) is 8.72. The van der Waals surface area contributed by atoms with Crippen molar-refractivity contribution in [3.8, 4) is 5.88 Å². The number of likely N-dealkylation sites (N-methyl/N-ethyl adjacent to an activating group) is 1. The van der Waals surface area contributed by atoms with E-state index in [4.69, 9.17) is 9.47 Å². The van der Waals surface area contributed by atoms with Crippen molar-refractivity contribution < 1.29 is 9.47 Å². The second-order valence-corrected chi connectivity index (χ2v) is 4.71. The molecule has 3 atom stereocenters. The van der Waals surface area contributed by atoms with Gasteiger partial charge in [0.2, 0.25) is 5.88 Å². The molecule has 2 rings (SSSR count). The molecule has 0 saturated carbocycles. The van der Waals surface area contributed by atoms with Gasteiger partial charge >= 0.3 is 0 Å². The highest BCUT2D eigenvalue weighted by atomic mass is 16.5. The summed E-state index contributed by atoms with van der Waals surface area (Å²) >= 11 is 0. The Morgan fingerprint density at radius 2 is 2.33 bits per heavy atom. The second-order valence-electron chi connectivity index (χ2n) is 4.71. The predicted molar refractivity (Wildman–Crippen MR) is 68.7 cm³/mol. The molecule has 0 spiro atoms. The molecule has 1 aliphatic rings. The van der Waals surface area contributed by atoms with E-state index in [9.17, 15) is 0 Å². The number of hydrogen-bond donors (Lipinski definition) is 1. The zero-order valence-corrected chi connectivity index (χ0v) is 11.2. The van der Waals surface area contributed by atoms with Crippen LogP contribution in [0.4, 0.5) is 0 Å². The Hall–Kier alpha value is -1.20. The highest BCUT2D eigenvalue weighted by molar-refractivity contribution is 5.14. The lowest BCUT2D eigenvalue weighted by molar-refractivity contribution is 0.0335. The van der Waals surface area contributed by atoms with Crippen molar-refractivity contribution in [2.24, 2.45) is 0 Å². The Morgan fingerprint density at radius 1 is 1.50 bits per heavy atom. The number of ether oxygens (including phenoxy) is 2. The zero-order chi connectivity index (χ0) is 13.0. The first kappa shape index (κ1) is 13.2. The molecule has 100 valence electrons. The molecular weight excluding hydrogens is 230 g/mol. The molecule has 3 unspecified atom stereocenters. The molecule has 0 aromatic carbocycles. The van der Waals surface area contributed by atoms with Crippen molar-refractivity contribution in [3.63, 3.8) is 0 Å². The van der Waals surface area contributed by atoms with E-state index in [1.54, 1.807) is 13.4 Å². The predicted octanol–water partition coefficient (Wildman–Crippen LogP) is 1.18. The van der Waals surface area contributed by atoms with Crippen molar-refractivity contribution in [3.05, 3.63) is 18.1 Å². The zero-order valence-electron chi connectivity index (χ0n) is 11.2. The lowest BCUT2D eigenvalue weighted by Crippen LogP contribution is -2.39. The van der Waals surface area contributed by atoms with E-state index in [1.165, 1.54) is 0 Å². The highest BCUT2D eigenvalue weighted by Crippen LogP contribution is 2.23. The molecule has 0 radical (unpaired) electrons. The molecule has 1 aromatic rings. The third kappa shape index (κ3) is 3.17. The molecule has 0 bridgehead atoms. The number of nitrogens with zero attached hydrogens (tertiary/aromatic N) is 2. The molecule has 2 heterocycles. The monoisotopic (exact) mass is 251 g/mol. The van der Waals surface area contributed by atoms with Gasteiger partial charge in [0.25, 0.3) is 0 Å². The van der Waals surface area contributed by atoms with Gasteiger partial charge in [0.05, 0.1) is 19.3 Å². The van der Waals surface area contributed by atoms with Gasteiger partial charge in [0.1, 0.15) is 6.33 Å². The van der Waals surface area contributed by atoms with Gasteiger partial charge in [-0.15, -0.1) is 0 Å². The summed E-state index contributed by atoms with van der Waals surface area (Å²) in [7, 11) is 3.58. The molecule has 0 aliphatic carbocycles. The summed E-state index contributed by atoms with van der Waals surface area (Å²) in [6, 6.07) is 2.16. The van der Waals surface area contributed by atoms with Gasteiger partial charge in [-0.3, -0.25) is 0 Å². The van der Waals surface area contributed by atoms with Crippen LogP contribution < -0.4 is 10.1 Å². The molecule has 1 N–H and O–H groups in total. The van der Waals surface area contributed by atoms with Crippen molar-refractivity contribution >= 4 is 0 Å². The largest absolute Gasteiger partial charge is 0.481 e. The number of hydrogen-bond acceptors (Lipinski definition) is 5. The van der Waals surface area contributed by atoms with Crippen LogP contribution in [0.1, 0.15) is 25.5 Å². The van der Waals surface area contributed by atoms with E-state index in [-0.39, 0.29) is 12.1 Å². The molecule has 1 saturated heterocycles. The normalized spacial score (nSPS) is 25.1. The Morgan fingerprint density at radius 3 is 2.94 bits per heavy atom. The maximum atomic E-state index is 5.91. The number of nitrogens with one attached hydrogen (secondary N) is 1. The van der Waals surface area contributed by atoms with Crippen molar-refractivity contribution in [2.75, 3.05) is 14.2 Å². The maximum Gasteiger partial charge on any atom is 0.216 e. The van der Waals surface area contributed by atoms with E-state index in [0.717, 1.165) is 25.0 Å². The van der Waals surface area contributed by atoms with Gasteiger partial charge in [0.15, 0.2) is 0 Å². The number of aromatic nitrogens is 2. The van der Waals surface area contributed by atoms with Crippen molar-refractivity contribution in [1.29, 1.82) is 0 Å². The van der Waals surface area contributed by atoms with Crippen LogP contribution in [0.2, 0.25) is 0 Å². The quantitative estimate of drug-likeness (QED) is 0.851. The van der Waals surface area contributed by atoms with E-state index in [2.05, 4.69) is 22.2 Å². The van der Waals surface area contributed by atoms with Crippen molar-refractivity contribution in [1.82, 2.24) is 15.3 Å². The van der Waals surface area contributed by atoms with Gasteiger partial charge in [-0.2, -0.15) is 0 Å². The average Bonchev–Trinajstić information content (AvgIpc) is 2.82. The summed E-state index contributed by atoms with van der Waals surface area (Å²) in [6.45, 7) is 2.13. The lowest BCUT2D eigenvalue weighted by Gasteiger charge is -2.22. The minimum absolute atomic E-state index is 0.269. The SMILES string of the molecule is CNC(Cc1cc(OC)ncn1)C1CCC(C)O1. The molecule has 1 aromatic heterocycles. The van der Waals surface area contributed by atoms with Crippen LogP contribution in [-0.4, -0.2) is 42.4 Å². The molecule has 1 fully saturated rings. The van der Waals surface area contributed by atoms with Crippen LogP contribution in [0.5, 0.6) is 5.88 Å². The summed E-state index contributed by atoms with van der Waals surface area (Å²) in [5, 5.41) is 3.32. The molecule has 5 heteroatoms. The van der Waals surface area contributed by atoms with E-state index < -0.39 is 0 Å². The van der Waals surface area contributed by atoms with Crippen LogP contribution in [0.3, 0.4) is 0 Å². The van der Waals surface area contributed by atoms with Crippen LogP contribution in [0.15, 0.2) is 12.4 Å². The average molecular weight is 251 g/mol. The fourth-order valence-electron chi connectivity index (χ4n) is 2.37. The fourth-order valence-corrected chi connectivity index (χ4v) is 2.37. The standard InChI is InChI=1S/C13H21N3O2/c1-9-4-5-12(18-9)11(14-2)6-10-7-13(17-3)16-8-15-10/h7-9,11-12,14H,4-6H2,1-3H3. The van der Waals surface area contributed by atoms with E-state index >= 15 is 0 Å². The van der Waals surface area contributed by atoms with Gasteiger partial charge in [0, 0.05) is 24.2 Å². The summed E-state index contributed by atoms with van der Waals surface area (Å²) in [5.41, 5.74) is 0.976. The molecule has 1 aliphatic heterocycles. The van der Waals surface area contributed by atoms with Crippen LogP contribution >= 0.6 is 0 Å². The summed E-state index contributed by atoms with van der Waals surface area (Å²) in [5.74, 6) is 0.607. The minimum atomic E-state index is 0.269. The van der Waals surface area contributed by atoms with Gasteiger partial charge in [-0.05, 0) is 26.8 Å². The third-order valence-electron chi connectivity index (χ3n) is 3.42. The fraction of sp³-hybridized carbons (Fsp3) is 0.692. The first-order valence-electron chi connectivity index (χ1n) is 6.40. The molecule has 5 nitrogen and oxygen atoms in total. The van der Waals surface area contributed by atoms with Crippen LogP contribution in [-0.2, 0) is 11.2 Å². The summed E-state index contributed by atoms with van der Waals surface area (Å²) in [6.07, 6.45) is 5.24. The summed E-state index contributed by atoms with van der Waals surface area (Å²) in [4.78, 5) is 8.29. The summed E-state index contributed by atoms with van der Waals surface area (Å²) < 4.78 is 11.0. The van der Waals surface area contributed by atoms with Gasteiger partial charge in [-0.25, -0.2) is 9.97 Å². The molecular formula is C13H21N3O2. The van der Waals surface area contributed by atoms with Crippen molar-refractivity contribution in [2.45, 2.75) is 44.4 Å². The number of methoxy groups -OCH3 is 1. The molecule has 18 heavy (non-hydrogen) atoms. The lowest BCUT2D eigenvalue weighted by atomic mass is 10.0. The Labute approximate surface area is 108 Å². The van der Waals surface area contributed by atoms with Gasteiger partial charge in [-0.1, -0.05) is 0 Å². The second kappa shape index (κ2) is 6.11. The Balaban J connectivity index is 2.01. The first-order valence-corrected chi connectivity index (χ1v) is 6.40. The van der Waals surface area contributed by atoms with E-state index in [1.807, 2.05) is 13.1 Å². The maximum absolute atomic E-state index is 5.91. The Bertz CT molecular complexity index is 386. The van der Waals surface area contributed by atoms with Crippen LogP contribution in [0.25, 0.3) is 0 Å². The number of rotatable bonds is 5. The smallest absolute Gasteiger partial charge is 0.216 e. The van der Waals surface area contributed by atoms with E-state index in [0.29, 0.717) is 12.0 Å². The van der Waals surface area contributed by atoms with Crippen LogP contribution in [0, 0.1) is 0 Å². The minimum Gasteiger partial charge on any atom is -0.481 e. The Kier molecular flexibility index (Phi) is 4.49. The van der Waals surface area contributed by atoms with Gasteiger partial charge < -0.3 is 14.8 Å².